The number of methoxy groups -OCH3 is 1. The van der Waals surface area contributed by atoms with E-state index in [9.17, 15) is 24.0 Å². The minimum atomic E-state index is -0.935. The molecular formula is C38H57N5O7S. The van der Waals surface area contributed by atoms with Gasteiger partial charge in [-0.1, -0.05) is 77.8 Å². The zero-order valence-electron chi connectivity index (χ0n) is 31.5. The van der Waals surface area contributed by atoms with E-state index in [0.29, 0.717) is 24.4 Å². The first-order chi connectivity index (χ1) is 24.3. The minimum Gasteiger partial charge on any atom is -0.467 e. The van der Waals surface area contributed by atoms with Crippen LogP contribution in [0.25, 0.3) is 0 Å². The second kappa shape index (κ2) is 20.3. The van der Waals surface area contributed by atoms with E-state index in [4.69, 9.17) is 9.47 Å². The number of likely N-dealkylation sites (N-methyl/N-ethyl adjacent to an activating group) is 1. The van der Waals surface area contributed by atoms with Gasteiger partial charge in [-0.3, -0.25) is 24.1 Å². The fourth-order valence-electron chi connectivity index (χ4n) is 6.53. The highest BCUT2D eigenvalue weighted by molar-refractivity contribution is 7.09. The monoisotopic (exact) mass is 727 g/mol. The Bertz CT molecular complexity index is 1450. The third-order valence-corrected chi connectivity index (χ3v) is 10.6. The molecule has 1 saturated heterocycles. The van der Waals surface area contributed by atoms with Gasteiger partial charge in [0.15, 0.2) is 6.10 Å². The zero-order chi connectivity index (χ0) is 37.7. The lowest BCUT2D eigenvalue weighted by molar-refractivity contribution is -0.150. The number of nitrogens with one attached hydrogen (secondary N) is 2. The van der Waals surface area contributed by atoms with Crippen LogP contribution in [0.4, 0.5) is 0 Å². The van der Waals surface area contributed by atoms with Gasteiger partial charge in [-0.15, -0.1) is 11.3 Å². The van der Waals surface area contributed by atoms with Crippen LogP contribution in [0.15, 0.2) is 35.7 Å². The van der Waals surface area contributed by atoms with Crippen molar-refractivity contribution in [3.63, 3.8) is 0 Å². The second-order valence-electron chi connectivity index (χ2n) is 13.9. The SMILES string of the molecule is CCCN(C(=O)C(NC(=O)C1CCCCN1C)C(C)CC)C(CC(OC(C)=O)c1nc(C(=O)NC(Cc2ccccc2)C(=O)OC)cs1)C(C)C. The summed E-state index contributed by atoms with van der Waals surface area (Å²) in [5, 5.41) is 7.83. The largest absolute Gasteiger partial charge is 0.467 e. The van der Waals surface area contributed by atoms with Gasteiger partial charge in [0.1, 0.15) is 22.8 Å². The van der Waals surface area contributed by atoms with E-state index in [1.807, 2.05) is 76.9 Å². The molecule has 2 N–H and O–H groups in total. The van der Waals surface area contributed by atoms with Crippen LogP contribution in [-0.4, -0.2) is 95.9 Å². The first-order valence-corrected chi connectivity index (χ1v) is 19.0. The molecule has 1 aliphatic rings. The van der Waals surface area contributed by atoms with Crippen molar-refractivity contribution in [1.29, 1.82) is 0 Å². The van der Waals surface area contributed by atoms with Crippen LogP contribution in [0.5, 0.6) is 0 Å². The van der Waals surface area contributed by atoms with E-state index in [0.717, 1.165) is 31.4 Å². The Balaban J connectivity index is 1.87. The van der Waals surface area contributed by atoms with E-state index < -0.39 is 36.0 Å². The molecule has 0 aliphatic carbocycles. The number of amides is 3. The number of benzene rings is 1. The average molecular weight is 728 g/mol. The molecule has 1 aromatic carbocycles. The first kappa shape index (κ1) is 41.6. The predicted molar refractivity (Wildman–Crippen MR) is 197 cm³/mol. The Morgan fingerprint density at radius 2 is 1.76 bits per heavy atom. The van der Waals surface area contributed by atoms with Crippen LogP contribution >= 0.6 is 11.3 Å². The van der Waals surface area contributed by atoms with Crippen molar-refractivity contribution in [3.8, 4) is 0 Å². The third-order valence-electron chi connectivity index (χ3n) is 9.63. The van der Waals surface area contributed by atoms with Gasteiger partial charge < -0.3 is 25.0 Å². The van der Waals surface area contributed by atoms with Gasteiger partial charge in [-0.2, -0.15) is 0 Å². The summed E-state index contributed by atoms with van der Waals surface area (Å²) in [4.78, 5) is 74.8. The second-order valence-corrected chi connectivity index (χ2v) is 14.7. The number of likely N-dealkylation sites (tertiary alicyclic amines) is 1. The van der Waals surface area contributed by atoms with Crippen LogP contribution in [0, 0.1) is 11.8 Å². The summed E-state index contributed by atoms with van der Waals surface area (Å²) in [6.07, 6.45) is 3.79. The molecule has 51 heavy (non-hydrogen) atoms. The minimum absolute atomic E-state index is 0.0437. The molecule has 13 heteroatoms. The van der Waals surface area contributed by atoms with Crippen molar-refractivity contribution >= 4 is 41.0 Å². The maximum Gasteiger partial charge on any atom is 0.328 e. The molecule has 0 bridgehead atoms. The van der Waals surface area contributed by atoms with Crippen LogP contribution in [0.3, 0.4) is 0 Å². The number of ether oxygens (including phenoxy) is 2. The first-order valence-electron chi connectivity index (χ1n) is 18.2. The molecule has 6 unspecified atom stereocenters. The van der Waals surface area contributed by atoms with Crippen molar-refractivity contribution in [2.24, 2.45) is 11.8 Å². The predicted octanol–water partition coefficient (Wildman–Crippen LogP) is 4.93. The number of carbonyl (C=O) groups is 5. The molecule has 0 radical (unpaired) electrons. The number of hydrogen-bond acceptors (Lipinski definition) is 10. The number of thiazole rings is 1. The summed E-state index contributed by atoms with van der Waals surface area (Å²) in [5.74, 6) is -2.11. The highest BCUT2D eigenvalue weighted by Gasteiger charge is 2.38. The summed E-state index contributed by atoms with van der Waals surface area (Å²) in [6, 6.07) is 6.99. The number of piperidine rings is 1. The molecule has 1 aromatic heterocycles. The van der Waals surface area contributed by atoms with Crippen molar-refractivity contribution in [2.75, 3.05) is 27.2 Å². The lowest BCUT2D eigenvalue weighted by atomic mass is 9.92. The number of hydrogen-bond donors (Lipinski definition) is 2. The number of aromatic nitrogens is 1. The Hall–Kier alpha value is -3.84. The quantitative estimate of drug-likeness (QED) is 0.204. The van der Waals surface area contributed by atoms with E-state index >= 15 is 0 Å². The zero-order valence-corrected chi connectivity index (χ0v) is 32.3. The smallest absolute Gasteiger partial charge is 0.328 e. The van der Waals surface area contributed by atoms with Gasteiger partial charge in [0, 0.05) is 37.7 Å². The number of nitrogens with zero attached hydrogens (tertiary/aromatic N) is 3. The number of rotatable bonds is 18. The molecule has 0 saturated carbocycles. The Labute approximate surface area is 307 Å². The molecule has 1 fully saturated rings. The van der Waals surface area contributed by atoms with Crippen molar-refractivity contribution in [1.82, 2.24) is 25.4 Å². The molecule has 2 aromatic rings. The molecular weight excluding hydrogens is 671 g/mol. The van der Waals surface area contributed by atoms with Crippen molar-refractivity contribution in [2.45, 2.75) is 117 Å². The Kier molecular flexibility index (Phi) is 16.5. The number of esters is 2. The van der Waals surface area contributed by atoms with Gasteiger partial charge >= 0.3 is 11.9 Å². The summed E-state index contributed by atoms with van der Waals surface area (Å²) < 4.78 is 10.8. The summed E-state index contributed by atoms with van der Waals surface area (Å²) in [5.41, 5.74) is 0.924. The molecule has 282 valence electrons. The lowest BCUT2D eigenvalue weighted by Gasteiger charge is -2.40. The maximum absolute atomic E-state index is 14.5. The van der Waals surface area contributed by atoms with Crippen molar-refractivity contribution < 1.29 is 33.4 Å². The van der Waals surface area contributed by atoms with E-state index in [2.05, 4.69) is 20.5 Å². The fraction of sp³-hybridized carbons (Fsp3) is 0.632. The van der Waals surface area contributed by atoms with E-state index in [-0.39, 0.29) is 54.3 Å². The van der Waals surface area contributed by atoms with Crippen molar-refractivity contribution in [3.05, 3.63) is 52.0 Å². The normalized spacial score (nSPS) is 17.8. The number of carbonyl (C=O) groups excluding carboxylic acids is 5. The topological polar surface area (TPSA) is 147 Å². The molecule has 12 nitrogen and oxygen atoms in total. The van der Waals surface area contributed by atoms with Crippen LogP contribution in [0.1, 0.15) is 107 Å². The highest BCUT2D eigenvalue weighted by atomic mass is 32.1. The molecule has 2 heterocycles. The van der Waals surface area contributed by atoms with Gasteiger partial charge in [-0.25, -0.2) is 9.78 Å². The van der Waals surface area contributed by atoms with Crippen LogP contribution in [0.2, 0.25) is 0 Å². The maximum atomic E-state index is 14.5. The summed E-state index contributed by atoms with van der Waals surface area (Å²) in [6.45, 7) is 12.6. The molecule has 1 aliphatic heterocycles. The fourth-order valence-corrected chi connectivity index (χ4v) is 7.37. The summed E-state index contributed by atoms with van der Waals surface area (Å²) in [7, 11) is 3.22. The van der Waals surface area contributed by atoms with Crippen LogP contribution < -0.4 is 10.6 Å². The van der Waals surface area contributed by atoms with Gasteiger partial charge in [0.25, 0.3) is 5.91 Å². The third kappa shape index (κ3) is 11.8. The lowest BCUT2D eigenvalue weighted by Crippen LogP contribution is -2.58. The average Bonchev–Trinajstić information content (AvgIpc) is 3.61. The van der Waals surface area contributed by atoms with Gasteiger partial charge in [0.2, 0.25) is 11.8 Å². The molecule has 0 spiro atoms. The van der Waals surface area contributed by atoms with Gasteiger partial charge in [0.05, 0.1) is 13.2 Å². The summed E-state index contributed by atoms with van der Waals surface area (Å²) >= 11 is 1.17. The highest BCUT2D eigenvalue weighted by Crippen LogP contribution is 2.32. The standard InChI is InChI=1S/C38H57N5O7S/c1-9-19-43(37(47)33(25(5)10-2)41-35(46)30-18-14-15-20-42(30)7)31(24(3)4)22-32(50-26(6)44)36-40-29(23-51-36)34(45)39-28(38(48)49-8)21-27-16-12-11-13-17-27/h11-13,16-17,23-25,28,30-33H,9-10,14-15,18-22H2,1-8H3,(H,39,45)(H,41,46). The van der Waals surface area contributed by atoms with E-state index in [1.165, 1.54) is 25.4 Å². The Morgan fingerprint density at radius 1 is 1.06 bits per heavy atom. The molecule has 3 amide bonds. The van der Waals surface area contributed by atoms with Gasteiger partial charge in [-0.05, 0) is 50.3 Å². The van der Waals surface area contributed by atoms with Crippen LogP contribution in [-0.2, 0) is 35.1 Å². The molecule has 6 atom stereocenters. The molecule has 3 rings (SSSR count). The Morgan fingerprint density at radius 3 is 2.35 bits per heavy atom. The van der Waals surface area contributed by atoms with E-state index in [1.54, 1.807) is 5.38 Å².